The van der Waals surface area contributed by atoms with Gasteiger partial charge in [-0.05, 0) is 43.2 Å². The van der Waals surface area contributed by atoms with E-state index in [-0.39, 0.29) is 31.1 Å². The van der Waals surface area contributed by atoms with Crippen molar-refractivity contribution >= 4 is 21.8 Å². The van der Waals surface area contributed by atoms with E-state index in [1.165, 1.54) is 16.4 Å². The van der Waals surface area contributed by atoms with E-state index < -0.39 is 28.1 Å². The number of amides is 2. The number of nitrogens with one attached hydrogen (secondary N) is 2. The van der Waals surface area contributed by atoms with Crippen molar-refractivity contribution in [1.29, 1.82) is 0 Å². The second kappa shape index (κ2) is 10.6. The number of rotatable bonds is 8. The summed E-state index contributed by atoms with van der Waals surface area (Å²) in [7, 11) is -2.19. The molecule has 1 fully saturated rings. The normalized spacial score (nSPS) is 16.5. The molecule has 0 spiro atoms. The van der Waals surface area contributed by atoms with Gasteiger partial charge in [0.25, 0.3) is 0 Å². The van der Waals surface area contributed by atoms with Gasteiger partial charge >= 0.3 is 11.8 Å². The molecule has 32 heavy (non-hydrogen) atoms. The fourth-order valence-electron chi connectivity index (χ4n) is 3.24. The van der Waals surface area contributed by atoms with Crippen molar-refractivity contribution < 1.29 is 27.5 Å². The van der Waals surface area contributed by atoms with Gasteiger partial charge in [-0.25, -0.2) is 8.42 Å². The zero-order valence-electron chi connectivity index (χ0n) is 18.0. The van der Waals surface area contributed by atoms with Crippen LogP contribution in [0.2, 0.25) is 0 Å². The molecule has 0 aromatic heterocycles. The molecule has 2 aromatic carbocycles. The van der Waals surface area contributed by atoms with Crippen molar-refractivity contribution in [2.24, 2.45) is 0 Å². The maximum atomic E-state index is 12.9. The summed E-state index contributed by atoms with van der Waals surface area (Å²) < 4.78 is 37.6. The molecule has 0 aliphatic carbocycles. The standard InChI is InChI=1S/C22H27N3O6S/c1-16-3-9-19(10-4-16)32(28,29)25-13-14-31-20(25)15-24-22(27)21(26)23-12-11-17-5-7-18(30-2)8-6-17/h3-10,20H,11-15H2,1-2H3,(H,23,26)(H,24,27)/t20-/m1/s1. The number of hydrogen-bond acceptors (Lipinski definition) is 6. The average Bonchev–Trinajstić information content (AvgIpc) is 3.28. The number of carbonyl (C=O) groups excluding carboxylic acids is 2. The van der Waals surface area contributed by atoms with Crippen molar-refractivity contribution in [3.63, 3.8) is 0 Å². The van der Waals surface area contributed by atoms with Gasteiger partial charge in [0.15, 0.2) is 0 Å². The number of ether oxygens (including phenoxy) is 2. The van der Waals surface area contributed by atoms with E-state index in [0.29, 0.717) is 6.42 Å². The third kappa shape index (κ3) is 5.84. The van der Waals surface area contributed by atoms with E-state index >= 15 is 0 Å². The topological polar surface area (TPSA) is 114 Å². The molecule has 2 N–H and O–H groups in total. The molecule has 0 unspecified atom stereocenters. The van der Waals surface area contributed by atoms with E-state index in [1.54, 1.807) is 19.2 Å². The Hall–Kier alpha value is -2.95. The summed E-state index contributed by atoms with van der Waals surface area (Å²) in [6, 6.07) is 13.9. The number of nitrogens with zero attached hydrogens (tertiary/aromatic N) is 1. The van der Waals surface area contributed by atoms with E-state index in [4.69, 9.17) is 9.47 Å². The summed E-state index contributed by atoms with van der Waals surface area (Å²) in [4.78, 5) is 24.3. The van der Waals surface area contributed by atoms with Gasteiger partial charge in [0.05, 0.1) is 25.2 Å². The Morgan fingerprint density at radius 2 is 1.72 bits per heavy atom. The second-order valence-electron chi connectivity index (χ2n) is 7.32. The first-order valence-corrected chi connectivity index (χ1v) is 11.6. The third-order valence-corrected chi connectivity index (χ3v) is 6.98. The second-order valence-corrected chi connectivity index (χ2v) is 9.21. The van der Waals surface area contributed by atoms with Gasteiger partial charge in [0, 0.05) is 13.1 Å². The quantitative estimate of drug-likeness (QED) is 0.563. The first-order chi connectivity index (χ1) is 15.3. The number of carbonyl (C=O) groups is 2. The van der Waals surface area contributed by atoms with Gasteiger partial charge in [-0.1, -0.05) is 29.8 Å². The van der Waals surface area contributed by atoms with E-state index in [0.717, 1.165) is 16.9 Å². The lowest BCUT2D eigenvalue weighted by Crippen LogP contribution is -2.47. The van der Waals surface area contributed by atoms with Crippen LogP contribution < -0.4 is 15.4 Å². The van der Waals surface area contributed by atoms with Crippen molar-refractivity contribution in [2.45, 2.75) is 24.5 Å². The molecule has 10 heteroatoms. The first-order valence-electron chi connectivity index (χ1n) is 10.2. The molecule has 172 valence electrons. The van der Waals surface area contributed by atoms with E-state index in [1.807, 2.05) is 31.2 Å². The van der Waals surface area contributed by atoms with E-state index in [9.17, 15) is 18.0 Å². The Morgan fingerprint density at radius 1 is 1.06 bits per heavy atom. The number of sulfonamides is 1. The highest BCUT2D eigenvalue weighted by Gasteiger charge is 2.36. The zero-order valence-corrected chi connectivity index (χ0v) is 18.9. The van der Waals surface area contributed by atoms with Crippen LogP contribution in [0.3, 0.4) is 0 Å². The highest BCUT2D eigenvalue weighted by molar-refractivity contribution is 7.89. The molecule has 0 radical (unpaired) electrons. The van der Waals surface area contributed by atoms with Crippen molar-refractivity contribution in [2.75, 3.05) is 33.4 Å². The van der Waals surface area contributed by atoms with Crippen LogP contribution in [0.15, 0.2) is 53.4 Å². The number of aryl methyl sites for hydroxylation is 1. The SMILES string of the molecule is COc1ccc(CCNC(=O)C(=O)NC[C@H]2OCCN2S(=O)(=O)c2ccc(C)cc2)cc1. The molecule has 3 rings (SSSR count). The molecular formula is C22H27N3O6S. The van der Waals surface area contributed by atoms with Crippen molar-refractivity contribution in [3.8, 4) is 5.75 Å². The monoisotopic (exact) mass is 461 g/mol. The van der Waals surface area contributed by atoms with Crippen LogP contribution in [-0.4, -0.2) is 64.1 Å². The molecule has 9 nitrogen and oxygen atoms in total. The fourth-order valence-corrected chi connectivity index (χ4v) is 4.75. The van der Waals surface area contributed by atoms with Crippen LogP contribution in [0.4, 0.5) is 0 Å². The minimum Gasteiger partial charge on any atom is -0.497 e. The Balaban J connectivity index is 1.48. The summed E-state index contributed by atoms with van der Waals surface area (Å²) in [5.74, 6) is -0.892. The number of methoxy groups -OCH3 is 1. The van der Waals surface area contributed by atoms with Gasteiger partial charge < -0.3 is 20.1 Å². The fraction of sp³-hybridized carbons (Fsp3) is 0.364. The van der Waals surface area contributed by atoms with Gasteiger partial charge in [-0.3, -0.25) is 9.59 Å². The summed E-state index contributed by atoms with van der Waals surface area (Å²) in [6.45, 7) is 2.41. The van der Waals surface area contributed by atoms with Crippen LogP contribution in [0.1, 0.15) is 11.1 Å². The highest BCUT2D eigenvalue weighted by atomic mass is 32.2. The molecule has 1 aliphatic rings. The molecule has 1 saturated heterocycles. The lowest BCUT2D eigenvalue weighted by atomic mass is 10.1. The average molecular weight is 462 g/mol. The zero-order chi connectivity index (χ0) is 23.1. The van der Waals surface area contributed by atoms with Crippen molar-refractivity contribution in [1.82, 2.24) is 14.9 Å². The highest BCUT2D eigenvalue weighted by Crippen LogP contribution is 2.22. The summed E-state index contributed by atoms with van der Waals surface area (Å²) in [5.41, 5.74) is 1.94. The molecule has 2 aromatic rings. The minimum absolute atomic E-state index is 0.129. The van der Waals surface area contributed by atoms with Gasteiger partial charge in [-0.15, -0.1) is 0 Å². The first kappa shape index (κ1) is 23.7. The molecule has 1 heterocycles. The molecule has 1 atom stereocenters. The molecule has 2 amide bonds. The summed E-state index contributed by atoms with van der Waals surface area (Å²) >= 11 is 0. The van der Waals surface area contributed by atoms with Gasteiger partial charge in [0.1, 0.15) is 12.0 Å². The molecular weight excluding hydrogens is 434 g/mol. The van der Waals surface area contributed by atoms with Crippen LogP contribution in [-0.2, 0) is 30.8 Å². The largest absolute Gasteiger partial charge is 0.497 e. The lowest BCUT2D eigenvalue weighted by molar-refractivity contribution is -0.139. The van der Waals surface area contributed by atoms with Crippen molar-refractivity contribution in [3.05, 3.63) is 59.7 Å². The smallest absolute Gasteiger partial charge is 0.309 e. The predicted octanol–water partition coefficient (Wildman–Crippen LogP) is 0.826. The number of benzene rings is 2. The van der Waals surface area contributed by atoms with Crippen LogP contribution in [0.25, 0.3) is 0 Å². The Morgan fingerprint density at radius 3 is 2.38 bits per heavy atom. The van der Waals surface area contributed by atoms with Crippen LogP contribution >= 0.6 is 0 Å². The molecule has 0 bridgehead atoms. The van der Waals surface area contributed by atoms with Gasteiger partial charge in [0.2, 0.25) is 10.0 Å². The maximum Gasteiger partial charge on any atom is 0.309 e. The Labute approximate surface area is 187 Å². The van der Waals surface area contributed by atoms with Crippen LogP contribution in [0.5, 0.6) is 5.75 Å². The lowest BCUT2D eigenvalue weighted by Gasteiger charge is -2.22. The van der Waals surface area contributed by atoms with E-state index in [2.05, 4.69) is 10.6 Å². The Kier molecular flexibility index (Phi) is 7.84. The minimum atomic E-state index is -3.78. The number of hydrogen-bond donors (Lipinski definition) is 2. The van der Waals surface area contributed by atoms with Gasteiger partial charge in [-0.2, -0.15) is 4.31 Å². The third-order valence-electron chi connectivity index (χ3n) is 5.07. The molecule has 1 aliphatic heterocycles. The summed E-state index contributed by atoms with van der Waals surface area (Å²) in [6.07, 6.45) is -0.325. The predicted molar refractivity (Wildman–Crippen MR) is 118 cm³/mol. The molecule has 0 saturated carbocycles. The van der Waals surface area contributed by atoms with Crippen LogP contribution in [0, 0.1) is 6.92 Å². The summed E-state index contributed by atoms with van der Waals surface area (Å²) in [5, 5.41) is 5.00. The Bertz CT molecular complexity index is 1040. The maximum absolute atomic E-state index is 12.9.